The quantitative estimate of drug-likeness (QED) is 0.693. The molecule has 0 fully saturated rings. The summed E-state index contributed by atoms with van der Waals surface area (Å²) in [6.07, 6.45) is 3.45. The van der Waals surface area contributed by atoms with Gasteiger partial charge in [0.25, 0.3) is 5.69 Å². The summed E-state index contributed by atoms with van der Waals surface area (Å²) in [4.78, 5) is 12.6. The number of aryl methyl sites for hydroxylation is 2. The van der Waals surface area contributed by atoms with Crippen LogP contribution >= 0.6 is 11.3 Å². The minimum atomic E-state index is -0.521. The zero-order valence-electron chi connectivity index (χ0n) is 10.9. The Balaban J connectivity index is 1.71. The number of aliphatic hydroxyl groups excluding tert-OH is 1. The number of rotatable bonds is 4. The van der Waals surface area contributed by atoms with Crippen molar-refractivity contribution in [3.05, 3.63) is 61.3 Å². The number of aliphatic hydroxyl groups is 1. The van der Waals surface area contributed by atoms with Gasteiger partial charge in [0.15, 0.2) is 0 Å². The highest BCUT2D eigenvalue weighted by molar-refractivity contribution is 7.12. The molecule has 0 amide bonds. The first-order chi connectivity index (χ1) is 9.63. The molecule has 1 heterocycles. The number of fused-ring (bicyclic) bond motifs is 1. The van der Waals surface area contributed by atoms with Gasteiger partial charge in [0.1, 0.15) is 0 Å². The molecule has 104 valence electrons. The fourth-order valence-electron chi connectivity index (χ4n) is 2.59. The molecule has 1 aliphatic rings. The molecule has 1 N–H and O–H groups in total. The molecule has 0 spiro atoms. The topological polar surface area (TPSA) is 63.4 Å². The molecule has 2 aromatic rings. The molecule has 1 aromatic heterocycles. The van der Waals surface area contributed by atoms with E-state index in [-0.39, 0.29) is 5.69 Å². The molecule has 0 saturated carbocycles. The Kier molecular flexibility index (Phi) is 3.54. The van der Waals surface area contributed by atoms with Gasteiger partial charge in [-0.1, -0.05) is 12.1 Å². The van der Waals surface area contributed by atoms with Gasteiger partial charge in [0, 0.05) is 28.3 Å². The van der Waals surface area contributed by atoms with E-state index in [1.54, 1.807) is 23.5 Å². The van der Waals surface area contributed by atoms with Crippen LogP contribution < -0.4 is 0 Å². The molecule has 20 heavy (non-hydrogen) atoms. The van der Waals surface area contributed by atoms with Crippen molar-refractivity contribution >= 4 is 17.0 Å². The molecule has 0 aliphatic heterocycles. The van der Waals surface area contributed by atoms with Gasteiger partial charge in [-0.2, -0.15) is 0 Å². The van der Waals surface area contributed by atoms with Crippen LogP contribution in [0.2, 0.25) is 0 Å². The third kappa shape index (κ3) is 2.59. The fourth-order valence-corrected chi connectivity index (χ4v) is 3.84. The molecule has 5 heteroatoms. The lowest BCUT2D eigenvalue weighted by atomic mass is 10.1. The maximum absolute atomic E-state index is 10.6. The Morgan fingerprint density at radius 1 is 1.30 bits per heavy atom. The summed E-state index contributed by atoms with van der Waals surface area (Å²) in [5.74, 6) is 0. The predicted molar refractivity (Wildman–Crippen MR) is 78.1 cm³/mol. The number of benzene rings is 1. The summed E-state index contributed by atoms with van der Waals surface area (Å²) in [5.41, 5.74) is 2.38. The summed E-state index contributed by atoms with van der Waals surface area (Å²) in [5, 5.41) is 20.9. The van der Waals surface area contributed by atoms with Crippen molar-refractivity contribution in [2.75, 3.05) is 0 Å². The Labute approximate surface area is 120 Å². The van der Waals surface area contributed by atoms with Crippen molar-refractivity contribution in [2.24, 2.45) is 0 Å². The second kappa shape index (κ2) is 5.34. The monoisotopic (exact) mass is 289 g/mol. The average molecular weight is 289 g/mol. The molecule has 0 saturated heterocycles. The SMILES string of the molecule is O=[N+]([O-])c1ccc(CC(O)c2cc3c(s2)CCC3)cc1. The molecule has 0 radical (unpaired) electrons. The number of non-ortho nitro benzene ring substituents is 1. The van der Waals surface area contributed by atoms with Gasteiger partial charge >= 0.3 is 0 Å². The minimum Gasteiger partial charge on any atom is -0.387 e. The van der Waals surface area contributed by atoms with E-state index in [9.17, 15) is 15.2 Å². The molecular formula is C15H15NO3S. The van der Waals surface area contributed by atoms with E-state index in [4.69, 9.17) is 0 Å². The van der Waals surface area contributed by atoms with E-state index in [0.717, 1.165) is 23.3 Å². The Bertz CT molecular complexity index is 612. The van der Waals surface area contributed by atoms with Crippen LogP contribution in [0, 0.1) is 10.1 Å². The van der Waals surface area contributed by atoms with Gasteiger partial charge in [-0.25, -0.2) is 0 Å². The normalized spacial score (nSPS) is 15.1. The summed E-state index contributed by atoms with van der Waals surface area (Å²) in [7, 11) is 0. The number of nitro groups is 1. The summed E-state index contributed by atoms with van der Waals surface area (Å²) < 4.78 is 0. The van der Waals surface area contributed by atoms with Crippen LogP contribution in [0.4, 0.5) is 5.69 Å². The third-order valence-corrected chi connectivity index (χ3v) is 5.01. The maximum atomic E-state index is 10.6. The van der Waals surface area contributed by atoms with Crippen LogP contribution in [0.1, 0.15) is 33.4 Å². The third-order valence-electron chi connectivity index (χ3n) is 3.67. The van der Waals surface area contributed by atoms with Crippen molar-refractivity contribution in [1.82, 2.24) is 0 Å². The molecular weight excluding hydrogens is 274 g/mol. The van der Waals surface area contributed by atoms with Crippen LogP contribution in [-0.2, 0) is 19.3 Å². The van der Waals surface area contributed by atoms with Gasteiger partial charge in [-0.3, -0.25) is 10.1 Å². The molecule has 1 atom stereocenters. The second-order valence-corrected chi connectivity index (χ2v) is 6.26. The largest absolute Gasteiger partial charge is 0.387 e. The second-order valence-electron chi connectivity index (χ2n) is 5.09. The Hall–Kier alpha value is -1.72. The molecule has 1 aromatic carbocycles. The maximum Gasteiger partial charge on any atom is 0.269 e. The van der Waals surface area contributed by atoms with E-state index in [1.165, 1.54) is 29.0 Å². The first-order valence-electron chi connectivity index (χ1n) is 6.66. The van der Waals surface area contributed by atoms with Gasteiger partial charge in [-0.15, -0.1) is 11.3 Å². The summed E-state index contributed by atoms with van der Waals surface area (Å²) in [6, 6.07) is 8.50. The number of nitrogens with zero attached hydrogens (tertiary/aromatic N) is 1. The number of hydrogen-bond donors (Lipinski definition) is 1. The van der Waals surface area contributed by atoms with Gasteiger partial charge < -0.3 is 5.11 Å². The highest BCUT2D eigenvalue weighted by Gasteiger charge is 2.19. The lowest BCUT2D eigenvalue weighted by Gasteiger charge is -2.08. The Morgan fingerprint density at radius 2 is 2.05 bits per heavy atom. The lowest BCUT2D eigenvalue weighted by Crippen LogP contribution is -2.00. The lowest BCUT2D eigenvalue weighted by molar-refractivity contribution is -0.384. The number of nitro benzene ring substituents is 1. The van der Waals surface area contributed by atoms with Crippen molar-refractivity contribution in [1.29, 1.82) is 0 Å². The van der Waals surface area contributed by atoms with Crippen molar-refractivity contribution < 1.29 is 10.0 Å². The first-order valence-corrected chi connectivity index (χ1v) is 7.48. The summed E-state index contributed by atoms with van der Waals surface area (Å²) in [6.45, 7) is 0. The zero-order chi connectivity index (χ0) is 14.1. The van der Waals surface area contributed by atoms with Crippen molar-refractivity contribution in [3.63, 3.8) is 0 Å². The Morgan fingerprint density at radius 3 is 2.70 bits per heavy atom. The molecule has 0 bridgehead atoms. The van der Waals surface area contributed by atoms with Crippen molar-refractivity contribution in [3.8, 4) is 0 Å². The van der Waals surface area contributed by atoms with E-state index < -0.39 is 11.0 Å². The van der Waals surface area contributed by atoms with Crippen molar-refractivity contribution in [2.45, 2.75) is 31.8 Å². The van der Waals surface area contributed by atoms with Crippen LogP contribution in [0.15, 0.2) is 30.3 Å². The molecule has 4 nitrogen and oxygen atoms in total. The van der Waals surface area contributed by atoms with Crippen LogP contribution in [-0.4, -0.2) is 10.0 Å². The zero-order valence-corrected chi connectivity index (χ0v) is 11.7. The standard InChI is InChI=1S/C15H15NO3S/c17-13(15-9-11-2-1-3-14(11)20-15)8-10-4-6-12(7-5-10)16(18)19/h4-7,9,13,17H,1-3,8H2. The molecule has 1 unspecified atom stereocenters. The van der Waals surface area contributed by atoms with E-state index in [1.807, 2.05) is 0 Å². The number of hydrogen-bond acceptors (Lipinski definition) is 4. The smallest absolute Gasteiger partial charge is 0.269 e. The van der Waals surface area contributed by atoms with E-state index in [0.29, 0.717) is 6.42 Å². The molecule has 1 aliphatic carbocycles. The van der Waals surface area contributed by atoms with Crippen LogP contribution in [0.3, 0.4) is 0 Å². The van der Waals surface area contributed by atoms with Gasteiger partial charge in [0.05, 0.1) is 11.0 Å². The predicted octanol–water partition coefficient (Wildman–Crippen LogP) is 3.42. The van der Waals surface area contributed by atoms with Gasteiger partial charge in [0.2, 0.25) is 0 Å². The van der Waals surface area contributed by atoms with Gasteiger partial charge in [-0.05, 0) is 36.5 Å². The first kappa shape index (κ1) is 13.3. The average Bonchev–Trinajstić information content (AvgIpc) is 2.99. The summed E-state index contributed by atoms with van der Waals surface area (Å²) >= 11 is 1.70. The highest BCUT2D eigenvalue weighted by Crippen LogP contribution is 2.34. The highest BCUT2D eigenvalue weighted by atomic mass is 32.1. The van der Waals surface area contributed by atoms with Crippen LogP contribution in [0.25, 0.3) is 0 Å². The molecule has 3 rings (SSSR count). The fraction of sp³-hybridized carbons (Fsp3) is 0.333. The number of thiophene rings is 1. The van der Waals surface area contributed by atoms with E-state index in [2.05, 4.69) is 6.07 Å². The van der Waals surface area contributed by atoms with Crippen LogP contribution in [0.5, 0.6) is 0 Å². The van der Waals surface area contributed by atoms with E-state index >= 15 is 0 Å². The minimum absolute atomic E-state index is 0.0818.